The number of benzene rings is 1. The van der Waals surface area contributed by atoms with Gasteiger partial charge in [0, 0.05) is 6.54 Å². The second-order valence-corrected chi connectivity index (χ2v) is 7.16. The number of rotatable bonds is 8. The van der Waals surface area contributed by atoms with Crippen molar-refractivity contribution in [2.24, 2.45) is 5.73 Å². The minimum Gasteiger partial charge on any atom is -0.462 e. The molecule has 0 aromatic heterocycles. The predicted octanol–water partition coefficient (Wildman–Crippen LogP) is 2.15. The number of carbonyl (C=O) groups excluding carboxylic acids is 1. The van der Waals surface area contributed by atoms with Crippen LogP contribution in [0, 0.1) is 0 Å². The normalized spacial score (nSPS) is 15.3. The number of para-hydroxylation sites is 1. The summed E-state index contributed by atoms with van der Waals surface area (Å²) in [5, 5.41) is 2.73. The molecule has 0 aliphatic heterocycles. The van der Waals surface area contributed by atoms with Gasteiger partial charge in [-0.05, 0) is 32.9 Å². The molecular formula is C14H23N2O4P. The van der Waals surface area contributed by atoms with E-state index in [0.717, 1.165) is 0 Å². The fourth-order valence-corrected chi connectivity index (χ4v) is 3.41. The van der Waals surface area contributed by atoms with Crippen LogP contribution in [0.2, 0.25) is 0 Å². The summed E-state index contributed by atoms with van der Waals surface area (Å²) in [4.78, 5) is 11.8. The molecule has 6 nitrogen and oxygen atoms in total. The monoisotopic (exact) mass is 314 g/mol. The van der Waals surface area contributed by atoms with Gasteiger partial charge in [0.05, 0.1) is 12.3 Å². The van der Waals surface area contributed by atoms with Crippen LogP contribution in [-0.2, 0) is 14.1 Å². The van der Waals surface area contributed by atoms with Gasteiger partial charge in [0.15, 0.2) is 0 Å². The molecule has 118 valence electrons. The molecule has 1 rings (SSSR count). The maximum Gasteiger partial charge on any atom is 0.323 e. The highest BCUT2D eigenvalue weighted by Gasteiger charge is 2.29. The average Bonchev–Trinajstić information content (AvgIpc) is 2.38. The van der Waals surface area contributed by atoms with Gasteiger partial charge in [0.1, 0.15) is 11.8 Å². The second-order valence-electron chi connectivity index (χ2n) is 4.93. The number of hydrogen-bond acceptors (Lipinski definition) is 5. The molecule has 0 bridgehead atoms. The second kappa shape index (κ2) is 8.17. The van der Waals surface area contributed by atoms with Gasteiger partial charge in [0.25, 0.3) is 0 Å². The van der Waals surface area contributed by atoms with Crippen LogP contribution in [0.1, 0.15) is 20.8 Å². The summed E-state index contributed by atoms with van der Waals surface area (Å²) in [6.07, 6.45) is -0.105. The van der Waals surface area contributed by atoms with Crippen LogP contribution in [0.25, 0.3) is 0 Å². The summed E-state index contributed by atoms with van der Waals surface area (Å²) in [5.41, 5.74) is 5.49. The van der Waals surface area contributed by atoms with Gasteiger partial charge < -0.3 is 15.0 Å². The molecule has 2 atom stereocenters. The first-order valence-electron chi connectivity index (χ1n) is 6.88. The molecule has 0 amide bonds. The van der Waals surface area contributed by atoms with Crippen LogP contribution in [-0.4, -0.2) is 30.8 Å². The Balaban J connectivity index is 2.76. The number of carbonyl (C=O) groups is 1. The standard InChI is InChI=1S/C14H23N2O4P/c1-11(2)19-14(17)12(3)16-21(18,10-9-15)20-13-7-5-4-6-8-13/h4-8,11-12H,9-10,15H2,1-3H3,(H,16,18)/t12-,21?/m0/s1. The summed E-state index contributed by atoms with van der Waals surface area (Å²) >= 11 is 0. The van der Waals surface area contributed by atoms with Crippen molar-refractivity contribution in [2.45, 2.75) is 32.9 Å². The predicted molar refractivity (Wildman–Crippen MR) is 82.4 cm³/mol. The van der Waals surface area contributed by atoms with Gasteiger partial charge in [-0.25, -0.2) is 5.09 Å². The zero-order valence-corrected chi connectivity index (χ0v) is 13.5. The Labute approximate surface area is 125 Å². The molecule has 0 aliphatic rings. The molecule has 1 aromatic carbocycles. The SMILES string of the molecule is CC(C)OC(=O)[C@H](C)NP(=O)(CCN)Oc1ccccc1. The van der Waals surface area contributed by atoms with E-state index < -0.39 is 19.5 Å². The maximum absolute atomic E-state index is 12.8. The van der Waals surface area contributed by atoms with E-state index in [-0.39, 0.29) is 18.8 Å². The van der Waals surface area contributed by atoms with Crippen LogP contribution >= 0.6 is 7.52 Å². The topological polar surface area (TPSA) is 90.7 Å². The molecule has 0 saturated heterocycles. The molecule has 0 spiro atoms. The first-order valence-corrected chi connectivity index (χ1v) is 8.69. The largest absolute Gasteiger partial charge is 0.462 e. The zero-order valence-electron chi connectivity index (χ0n) is 12.6. The lowest BCUT2D eigenvalue weighted by Gasteiger charge is -2.23. The Morgan fingerprint density at radius 3 is 2.43 bits per heavy atom. The van der Waals surface area contributed by atoms with Crippen LogP contribution in [0.3, 0.4) is 0 Å². The van der Waals surface area contributed by atoms with E-state index in [1.807, 2.05) is 6.07 Å². The van der Waals surface area contributed by atoms with Gasteiger partial charge in [-0.1, -0.05) is 18.2 Å². The Bertz CT molecular complexity index is 493. The zero-order chi connectivity index (χ0) is 15.9. The van der Waals surface area contributed by atoms with Crippen molar-refractivity contribution < 1.29 is 18.6 Å². The Morgan fingerprint density at radius 1 is 1.29 bits per heavy atom. The van der Waals surface area contributed by atoms with Crippen LogP contribution < -0.4 is 15.3 Å². The minimum atomic E-state index is -3.27. The van der Waals surface area contributed by atoms with Crippen molar-refractivity contribution in [1.29, 1.82) is 0 Å². The Kier molecular flexibility index (Phi) is 6.89. The van der Waals surface area contributed by atoms with Gasteiger partial charge in [-0.3, -0.25) is 9.36 Å². The summed E-state index contributed by atoms with van der Waals surface area (Å²) in [5.74, 6) is -0.00915. The quantitative estimate of drug-likeness (QED) is 0.564. The van der Waals surface area contributed by atoms with Gasteiger partial charge >= 0.3 is 13.5 Å². The summed E-state index contributed by atoms with van der Waals surface area (Å²) in [7, 11) is -3.27. The first kappa shape index (κ1) is 17.7. The molecule has 1 aromatic rings. The van der Waals surface area contributed by atoms with Crippen molar-refractivity contribution in [2.75, 3.05) is 12.7 Å². The molecular weight excluding hydrogens is 291 g/mol. The van der Waals surface area contributed by atoms with Gasteiger partial charge in [0.2, 0.25) is 0 Å². The number of hydrogen-bond donors (Lipinski definition) is 2. The summed E-state index contributed by atoms with van der Waals surface area (Å²) in [6.45, 7) is 5.28. The lowest BCUT2D eigenvalue weighted by Crippen LogP contribution is -2.37. The first-order chi connectivity index (χ1) is 9.86. The number of nitrogens with two attached hydrogens (primary N) is 1. The van der Waals surface area contributed by atoms with E-state index in [1.165, 1.54) is 0 Å². The average molecular weight is 314 g/mol. The summed E-state index contributed by atoms with van der Waals surface area (Å²) < 4.78 is 23.4. The molecule has 0 fully saturated rings. The van der Waals surface area contributed by atoms with E-state index in [9.17, 15) is 9.36 Å². The Hall–Kier alpha value is -1.36. The third kappa shape index (κ3) is 6.29. The van der Waals surface area contributed by atoms with Gasteiger partial charge in [-0.2, -0.15) is 0 Å². The van der Waals surface area contributed by atoms with E-state index in [0.29, 0.717) is 5.75 Å². The van der Waals surface area contributed by atoms with Crippen molar-refractivity contribution in [1.82, 2.24) is 5.09 Å². The third-order valence-corrected chi connectivity index (χ3v) is 4.65. The fourth-order valence-electron chi connectivity index (χ4n) is 1.64. The van der Waals surface area contributed by atoms with Crippen molar-refractivity contribution in [3.05, 3.63) is 30.3 Å². The number of esters is 1. The van der Waals surface area contributed by atoms with Crippen molar-refractivity contribution >= 4 is 13.5 Å². The van der Waals surface area contributed by atoms with E-state index in [2.05, 4.69) is 5.09 Å². The van der Waals surface area contributed by atoms with E-state index in [1.54, 1.807) is 45.0 Å². The molecule has 0 saturated carbocycles. The number of ether oxygens (including phenoxy) is 1. The van der Waals surface area contributed by atoms with E-state index in [4.69, 9.17) is 15.0 Å². The van der Waals surface area contributed by atoms with Crippen LogP contribution in [0.15, 0.2) is 30.3 Å². The van der Waals surface area contributed by atoms with Crippen molar-refractivity contribution in [3.8, 4) is 5.75 Å². The number of nitrogens with one attached hydrogen (secondary N) is 1. The smallest absolute Gasteiger partial charge is 0.323 e. The van der Waals surface area contributed by atoms with E-state index >= 15 is 0 Å². The third-order valence-electron chi connectivity index (χ3n) is 2.52. The molecule has 3 N–H and O–H groups in total. The molecule has 21 heavy (non-hydrogen) atoms. The maximum atomic E-state index is 12.8. The fraction of sp³-hybridized carbons (Fsp3) is 0.500. The molecule has 0 heterocycles. The van der Waals surface area contributed by atoms with Crippen molar-refractivity contribution in [3.63, 3.8) is 0 Å². The molecule has 0 aliphatic carbocycles. The highest BCUT2D eigenvalue weighted by molar-refractivity contribution is 7.57. The highest BCUT2D eigenvalue weighted by atomic mass is 31.2. The van der Waals surface area contributed by atoms with Crippen LogP contribution in [0.4, 0.5) is 0 Å². The minimum absolute atomic E-state index is 0.126. The van der Waals surface area contributed by atoms with Gasteiger partial charge in [-0.15, -0.1) is 0 Å². The lowest BCUT2D eigenvalue weighted by atomic mass is 10.3. The molecule has 0 radical (unpaired) electrons. The highest BCUT2D eigenvalue weighted by Crippen LogP contribution is 2.42. The molecule has 7 heteroatoms. The lowest BCUT2D eigenvalue weighted by molar-refractivity contribution is -0.149. The van der Waals surface area contributed by atoms with Crippen LogP contribution in [0.5, 0.6) is 5.75 Å². The Morgan fingerprint density at radius 2 is 1.90 bits per heavy atom. The summed E-state index contributed by atoms with van der Waals surface area (Å²) in [6, 6.07) is 8.03. The molecule has 1 unspecified atom stereocenters.